The van der Waals surface area contributed by atoms with Crippen molar-refractivity contribution in [3.05, 3.63) is 29.8 Å². The molecule has 0 saturated carbocycles. The van der Waals surface area contributed by atoms with E-state index in [1.54, 1.807) is 0 Å². The van der Waals surface area contributed by atoms with Gasteiger partial charge in [-0.25, -0.2) is 0 Å². The summed E-state index contributed by atoms with van der Waals surface area (Å²) in [6, 6.07) is 1.90. The fraction of sp³-hybridized carbons (Fsp3) is 0.333. The number of benzene rings is 1. The molecule has 0 heterocycles. The predicted octanol–water partition coefficient (Wildman–Crippen LogP) is 3.86. The van der Waals surface area contributed by atoms with E-state index in [2.05, 4.69) is 0 Å². The van der Waals surface area contributed by atoms with E-state index >= 15 is 0 Å². The van der Waals surface area contributed by atoms with E-state index in [1.165, 1.54) is 12.1 Å². The van der Waals surface area contributed by atoms with Gasteiger partial charge in [0.1, 0.15) is 6.04 Å². The van der Waals surface area contributed by atoms with Crippen LogP contribution in [0.5, 0.6) is 0 Å². The Bertz CT molecular complexity index is 386. The molecule has 0 radical (unpaired) electrons. The van der Waals surface area contributed by atoms with Gasteiger partial charge in [0, 0.05) is 4.90 Å². The van der Waals surface area contributed by atoms with Gasteiger partial charge in [0.2, 0.25) is 0 Å². The average Bonchev–Trinajstić information content (AvgIpc) is 2.13. The quantitative estimate of drug-likeness (QED) is 0.655. The lowest BCUT2D eigenvalue weighted by atomic mass is 10.1. The largest absolute Gasteiger partial charge is 0.446 e. The van der Waals surface area contributed by atoms with Crippen molar-refractivity contribution in [2.24, 2.45) is 5.73 Å². The summed E-state index contributed by atoms with van der Waals surface area (Å²) in [7, 11) is 0. The Morgan fingerprint density at radius 2 is 1.53 bits per heavy atom. The predicted molar refractivity (Wildman–Crippen MR) is 51.3 cm³/mol. The van der Waals surface area contributed by atoms with Gasteiger partial charge in [-0.2, -0.15) is 26.3 Å². The molecule has 0 amide bonds. The molecule has 2 N–H and O–H groups in total. The summed E-state index contributed by atoms with van der Waals surface area (Å²) in [4.78, 5) is -0.537. The zero-order chi connectivity index (χ0) is 13.3. The van der Waals surface area contributed by atoms with Crippen molar-refractivity contribution in [1.82, 2.24) is 0 Å². The highest BCUT2D eigenvalue weighted by atomic mass is 32.2. The molecule has 0 bridgehead atoms. The first-order valence-corrected chi connectivity index (χ1v) is 5.10. The first kappa shape index (κ1) is 14.2. The molecule has 1 rings (SSSR count). The van der Waals surface area contributed by atoms with Crippen molar-refractivity contribution >= 4 is 11.8 Å². The standard InChI is InChI=1S/C9H7F6NS/c10-8(11,12)7(16)5-3-1-2-4-6(5)17-9(13,14)15/h1-4,7H,16H2/t7-/m0/s1. The highest BCUT2D eigenvalue weighted by molar-refractivity contribution is 8.00. The van der Waals surface area contributed by atoms with E-state index in [4.69, 9.17) is 5.73 Å². The van der Waals surface area contributed by atoms with Crippen molar-refractivity contribution in [3.63, 3.8) is 0 Å². The number of thioether (sulfide) groups is 1. The third-order valence-corrected chi connectivity index (χ3v) is 2.66. The average molecular weight is 275 g/mol. The summed E-state index contributed by atoms with van der Waals surface area (Å²) < 4.78 is 73.4. The molecule has 96 valence electrons. The molecule has 0 fully saturated rings. The molecule has 1 atom stereocenters. The Morgan fingerprint density at radius 1 is 1.00 bits per heavy atom. The van der Waals surface area contributed by atoms with Crippen molar-refractivity contribution < 1.29 is 26.3 Å². The van der Waals surface area contributed by atoms with Crippen molar-refractivity contribution in [2.75, 3.05) is 0 Å². The minimum absolute atomic E-state index is 0.537. The van der Waals surface area contributed by atoms with Crippen LogP contribution in [0.3, 0.4) is 0 Å². The van der Waals surface area contributed by atoms with Crippen LogP contribution in [-0.4, -0.2) is 11.7 Å². The molecule has 0 unspecified atom stereocenters. The summed E-state index contributed by atoms with van der Waals surface area (Å²) >= 11 is -0.608. The van der Waals surface area contributed by atoms with Gasteiger partial charge in [-0.05, 0) is 23.4 Å². The van der Waals surface area contributed by atoms with E-state index in [0.717, 1.165) is 12.1 Å². The number of rotatable bonds is 2. The Labute approximate surface area is 97.0 Å². The SMILES string of the molecule is N[C@@H](c1ccccc1SC(F)(F)F)C(F)(F)F. The lowest BCUT2D eigenvalue weighted by molar-refractivity contribution is -0.149. The smallest absolute Gasteiger partial charge is 0.316 e. The van der Waals surface area contributed by atoms with E-state index in [0.29, 0.717) is 0 Å². The molecule has 1 aromatic carbocycles. The molecule has 0 aliphatic carbocycles. The third-order valence-electron chi connectivity index (χ3n) is 1.83. The molecule has 0 aliphatic rings. The molecule has 0 saturated heterocycles. The van der Waals surface area contributed by atoms with Gasteiger partial charge in [-0.3, -0.25) is 0 Å². The summed E-state index contributed by atoms with van der Waals surface area (Å²) in [5, 5.41) is 0. The molecule has 0 aliphatic heterocycles. The normalized spacial score (nSPS) is 14.8. The molecule has 1 nitrogen and oxygen atoms in total. The second kappa shape index (κ2) is 4.77. The topological polar surface area (TPSA) is 26.0 Å². The number of halogens is 6. The van der Waals surface area contributed by atoms with E-state index < -0.39 is 39.9 Å². The van der Waals surface area contributed by atoms with E-state index in [1.807, 2.05) is 0 Å². The van der Waals surface area contributed by atoms with Crippen LogP contribution >= 0.6 is 11.8 Å². The minimum atomic E-state index is -4.78. The maximum Gasteiger partial charge on any atom is 0.446 e. The third kappa shape index (κ3) is 4.12. The van der Waals surface area contributed by atoms with E-state index in [9.17, 15) is 26.3 Å². The summed E-state index contributed by atoms with van der Waals surface area (Å²) in [5.74, 6) is 0. The van der Waals surface area contributed by atoms with Crippen molar-refractivity contribution in [3.8, 4) is 0 Å². The van der Waals surface area contributed by atoms with Gasteiger partial charge in [0.05, 0.1) is 0 Å². The van der Waals surface area contributed by atoms with Crippen LogP contribution in [-0.2, 0) is 0 Å². The van der Waals surface area contributed by atoms with Crippen LogP contribution in [0.1, 0.15) is 11.6 Å². The van der Waals surface area contributed by atoms with Gasteiger partial charge < -0.3 is 5.73 Å². The summed E-state index contributed by atoms with van der Waals surface area (Å²) in [6.45, 7) is 0. The Kier molecular flexibility index (Phi) is 3.98. The van der Waals surface area contributed by atoms with E-state index in [-0.39, 0.29) is 0 Å². The molecule has 1 aromatic rings. The highest BCUT2D eigenvalue weighted by Gasteiger charge is 2.40. The molecule has 17 heavy (non-hydrogen) atoms. The molecular weight excluding hydrogens is 268 g/mol. The molecule has 0 aromatic heterocycles. The molecule has 8 heteroatoms. The number of hydrogen-bond donors (Lipinski definition) is 1. The second-order valence-electron chi connectivity index (χ2n) is 3.10. The highest BCUT2D eigenvalue weighted by Crippen LogP contribution is 2.42. The number of hydrogen-bond acceptors (Lipinski definition) is 2. The Hall–Kier alpha value is -0.890. The lowest BCUT2D eigenvalue weighted by Crippen LogP contribution is -2.29. The Balaban J connectivity index is 3.08. The number of nitrogens with two attached hydrogens (primary N) is 1. The summed E-state index contributed by atoms with van der Waals surface area (Å²) in [6.07, 6.45) is -4.78. The lowest BCUT2D eigenvalue weighted by Gasteiger charge is -2.19. The van der Waals surface area contributed by atoms with Gasteiger partial charge >= 0.3 is 11.7 Å². The first-order chi connectivity index (χ1) is 7.61. The maximum atomic E-state index is 12.3. The van der Waals surface area contributed by atoms with Crippen molar-refractivity contribution in [2.45, 2.75) is 22.6 Å². The zero-order valence-electron chi connectivity index (χ0n) is 8.14. The van der Waals surface area contributed by atoms with Gasteiger partial charge in [0.15, 0.2) is 0 Å². The van der Waals surface area contributed by atoms with Crippen LogP contribution in [0, 0.1) is 0 Å². The van der Waals surface area contributed by atoms with Crippen LogP contribution in [0.15, 0.2) is 29.2 Å². The monoisotopic (exact) mass is 275 g/mol. The van der Waals surface area contributed by atoms with Crippen molar-refractivity contribution in [1.29, 1.82) is 0 Å². The number of alkyl halides is 6. The van der Waals surface area contributed by atoms with Crippen LogP contribution in [0.25, 0.3) is 0 Å². The van der Waals surface area contributed by atoms with Gasteiger partial charge in [-0.1, -0.05) is 18.2 Å². The fourth-order valence-corrected chi connectivity index (χ4v) is 1.84. The van der Waals surface area contributed by atoms with Crippen LogP contribution in [0.4, 0.5) is 26.3 Å². The van der Waals surface area contributed by atoms with Crippen LogP contribution in [0.2, 0.25) is 0 Å². The second-order valence-corrected chi connectivity index (χ2v) is 4.21. The van der Waals surface area contributed by atoms with Crippen LogP contribution < -0.4 is 5.73 Å². The molecule has 0 spiro atoms. The minimum Gasteiger partial charge on any atom is -0.316 e. The Morgan fingerprint density at radius 3 is 2.00 bits per heavy atom. The van der Waals surface area contributed by atoms with Gasteiger partial charge in [0.25, 0.3) is 0 Å². The van der Waals surface area contributed by atoms with Gasteiger partial charge in [-0.15, -0.1) is 0 Å². The summed E-state index contributed by atoms with van der Waals surface area (Å²) in [5.41, 5.74) is -0.347. The zero-order valence-corrected chi connectivity index (χ0v) is 8.96. The maximum absolute atomic E-state index is 12.3. The fourth-order valence-electron chi connectivity index (χ4n) is 1.13. The first-order valence-electron chi connectivity index (χ1n) is 4.28. The molecular formula is C9H7F6NS.